The fourth-order valence-electron chi connectivity index (χ4n) is 1.34. The van der Waals surface area contributed by atoms with Gasteiger partial charge in [-0.15, -0.1) is 0 Å². The van der Waals surface area contributed by atoms with Crippen molar-refractivity contribution in [3.05, 3.63) is 24.3 Å². The maximum absolute atomic E-state index is 5.09. The van der Waals surface area contributed by atoms with E-state index in [4.69, 9.17) is 4.74 Å². The fraction of sp³-hybridized carbons (Fsp3) is 0.364. The van der Waals surface area contributed by atoms with E-state index in [1.54, 1.807) is 18.9 Å². The van der Waals surface area contributed by atoms with Crippen LogP contribution in [0.1, 0.15) is 6.92 Å². The van der Waals surface area contributed by atoms with Crippen molar-refractivity contribution in [3.8, 4) is 5.75 Å². The van der Waals surface area contributed by atoms with E-state index in [-0.39, 0.29) is 0 Å². The molecule has 0 bridgehead atoms. The molecule has 1 aliphatic rings. The Morgan fingerprint density at radius 2 is 2.13 bits per heavy atom. The number of hydrogen-bond acceptors (Lipinski definition) is 4. The second kappa shape index (κ2) is 4.57. The first-order valence-electron chi connectivity index (χ1n) is 4.89. The number of anilines is 1. The van der Waals surface area contributed by atoms with E-state index in [1.165, 1.54) is 0 Å². The minimum absolute atomic E-state index is 0.427. The smallest absolute Gasteiger partial charge is 0.161 e. The first-order valence-corrected chi connectivity index (χ1v) is 5.88. The van der Waals surface area contributed by atoms with Gasteiger partial charge in [0, 0.05) is 11.4 Å². The van der Waals surface area contributed by atoms with Crippen molar-refractivity contribution in [1.82, 2.24) is 0 Å². The van der Waals surface area contributed by atoms with Crippen LogP contribution in [0.25, 0.3) is 0 Å². The Morgan fingerprint density at radius 1 is 1.40 bits per heavy atom. The molecule has 0 aromatic heterocycles. The molecule has 0 saturated heterocycles. The van der Waals surface area contributed by atoms with Crippen LogP contribution in [0, 0.1) is 0 Å². The van der Waals surface area contributed by atoms with Gasteiger partial charge in [-0.3, -0.25) is 4.99 Å². The lowest BCUT2D eigenvalue weighted by Gasteiger charge is -2.05. The van der Waals surface area contributed by atoms with Gasteiger partial charge in [0.05, 0.1) is 13.2 Å². The van der Waals surface area contributed by atoms with Gasteiger partial charge < -0.3 is 10.1 Å². The first-order chi connectivity index (χ1) is 7.28. The Hall–Kier alpha value is -1.16. The molecule has 0 unspecified atom stereocenters. The van der Waals surface area contributed by atoms with E-state index >= 15 is 0 Å². The summed E-state index contributed by atoms with van der Waals surface area (Å²) in [6.45, 7) is 2.12. The van der Waals surface area contributed by atoms with Gasteiger partial charge in [0.1, 0.15) is 5.75 Å². The highest BCUT2D eigenvalue weighted by molar-refractivity contribution is 8.14. The first kappa shape index (κ1) is 10.4. The summed E-state index contributed by atoms with van der Waals surface area (Å²) in [6.07, 6.45) is 0. The molecule has 1 N–H and O–H groups in total. The molecule has 0 aliphatic carbocycles. The van der Waals surface area contributed by atoms with E-state index in [2.05, 4.69) is 17.2 Å². The molecule has 0 saturated carbocycles. The molecule has 1 aliphatic heterocycles. The lowest BCUT2D eigenvalue weighted by Crippen LogP contribution is -2.04. The molecule has 0 fully saturated rings. The van der Waals surface area contributed by atoms with Crippen LogP contribution in [0.2, 0.25) is 0 Å². The molecule has 1 heterocycles. The molecule has 1 atom stereocenters. The predicted octanol–water partition coefficient (Wildman–Crippen LogP) is 2.60. The van der Waals surface area contributed by atoms with Crippen LogP contribution in [-0.2, 0) is 0 Å². The lowest BCUT2D eigenvalue weighted by atomic mass is 10.3. The highest BCUT2D eigenvalue weighted by Gasteiger charge is 2.13. The lowest BCUT2D eigenvalue weighted by molar-refractivity contribution is 0.415. The van der Waals surface area contributed by atoms with Crippen molar-refractivity contribution in [3.63, 3.8) is 0 Å². The Labute approximate surface area is 93.9 Å². The number of nitrogens with zero attached hydrogens (tertiary/aromatic N) is 1. The van der Waals surface area contributed by atoms with Crippen LogP contribution in [0.3, 0.4) is 0 Å². The third-order valence-electron chi connectivity index (χ3n) is 2.14. The van der Waals surface area contributed by atoms with Crippen LogP contribution >= 0.6 is 11.8 Å². The van der Waals surface area contributed by atoms with E-state index < -0.39 is 0 Å². The number of methoxy groups -OCH3 is 1. The second-order valence-electron chi connectivity index (χ2n) is 3.45. The van der Waals surface area contributed by atoms with Gasteiger partial charge in [-0.05, 0) is 31.2 Å². The molecule has 2 rings (SSSR count). The Morgan fingerprint density at radius 3 is 2.67 bits per heavy atom. The monoisotopic (exact) mass is 222 g/mol. The maximum atomic E-state index is 5.09. The zero-order valence-corrected chi connectivity index (χ0v) is 9.67. The van der Waals surface area contributed by atoms with Crippen molar-refractivity contribution >= 4 is 22.6 Å². The van der Waals surface area contributed by atoms with Crippen LogP contribution in [0.5, 0.6) is 5.75 Å². The van der Waals surface area contributed by atoms with Crippen LogP contribution in [0.15, 0.2) is 29.3 Å². The molecule has 3 nitrogen and oxygen atoms in total. The minimum Gasteiger partial charge on any atom is -0.497 e. The third kappa shape index (κ3) is 2.65. The Kier molecular flexibility index (Phi) is 3.16. The molecule has 4 heteroatoms. The normalized spacial score (nSPS) is 19.9. The third-order valence-corrected chi connectivity index (χ3v) is 3.27. The summed E-state index contributed by atoms with van der Waals surface area (Å²) in [5.74, 6) is 1.94. The number of ether oxygens (including phenoxy) is 1. The summed E-state index contributed by atoms with van der Waals surface area (Å²) in [5, 5.41) is 4.29. The summed E-state index contributed by atoms with van der Waals surface area (Å²) >= 11 is 1.76. The number of benzene rings is 1. The molecule has 80 valence electrons. The van der Waals surface area contributed by atoms with Crippen LogP contribution in [-0.4, -0.2) is 24.1 Å². The van der Waals surface area contributed by atoms with Crippen molar-refractivity contribution in [1.29, 1.82) is 0 Å². The fourth-order valence-corrected chi connectivity index (χ4v) is 2.26. The van der Waals surface area contributed by atoms with Crippen molar-refractivity contribution < 1.29 is 4.74 Å². The number of rotatable bonds is 2. The summed E-state index contributed by atoms with van der Waals surface area (Å²) in [5.41, 5.74) is 1.05. The van der Waals surface area contributed by atoms with E-state index in [0.29, 0.717) is 6.04 Å². The molecular formula is C11H14N2OS. The van der Waals surface area contributed by atoms with Gasteiger partial charge in [-0.1, -0.05) is 11.8 Å². The second-order valence-corrected chi connectivity index (χ2v) is 4.46. The van der Waals surface area contributed by atoms with Crippen molar-refractivity contribution in [2.75, 3.05) is 18.2 Å². The Bertz CT molecular complexity index is 361. The number of hydrogen-bond donors (Lipinski definition) is 1. The zero-order valence-electron chi connectivity index (χ0n) is 8.86. The molecule has 15 heavy (non-hydrogen) atoms. The van der Waals surface area contributed by atoms with Crippen LogP contribution < -0.4 is 10.1 Å². The number of thioether (sulfide) groups is 1. The summed E-state index contributed by atoms with van der Waals surface area (Å²) in [7, 11) is 1.67. The highest BCUT2D eigenvalue weighted by atomic mass is 32.2. The zero-order chi connectivity index (χ0) is 10.7. The molecule has 0 spiro atoms. The molecule has 1 aromatic rings. The number of nitrogens with one attached hydrogen (secondary N) is 1. The largest absolute Gasteiger partial charge is 0.497 e. The van der Waals surface area contributed by atoms with Gasteiger partial charge >= 0.3 is 0 Å². The molecule has 0 amide bonds. The van der Waals surface area contributed by atoms with Crippen molar-refractivity contribution in [2.24, 2.45) is 4.99 Å². The number of amidine groups is 1. The Balaban J connectivity index is 2.02. The highest BCUT2D eigenvalue weighted by Crippen LogP contribution is 2.21. The quantitative estimate of drug-likeness (QED) is 0.835. The predicted molar refractivity (Wildman–Crippen MR) is 66.0 cm³/mol. The SMILES string of the molecule is COc1ccc(NC2=N[C@H](C)CS2)cc1. The van der Waals surface area contributed by atoms with Crippen molar-refractivity contribution in [2.45, 2.75) is 13.0 Å². The molecule has 0 radical (unpaired) electrons. The van der Waals surface area contributed by atoms with Gasteiger partial charge in [0.15, 0.2) is 5.17 Å². The average molecular weight is 222 g/mol. The minimum atomic E-state index is 0.427. The summed E-state index contributed by atoms with van der Waals surface area (Å²) < 4.78 is 5.09. The molecular weight excluding hydrogens is 208 g/mol. The standard InChI is InChI=1S/C11H14N2OS/c1-8-7-15-11(12-8)13-9-3-5-10(14-2)6-4-9/h3-6,8H,7H2,1-2H3,(H,12,13)/t8-/m1/s1. The average Bonchev–Trinajstić information content (AvgIpc) is 2.65. The van der Waals surface area contributed by atoms with Crippen LogP contribution in [0.4, 0.5) is 5.69 Å². The van der Waals surface area contributed by atoms with Gasteiger partial charge in [-0.25, -0.2) is 0 Å². The topological polar surface area (TPSA) is 33.6 Å². The van der Waals surface area contributed by atoms with E-state index in [0.717, 1.165) is 22.4 Å². The summed E-state index contributed by atoms with van der Waals surface area (Å²) in [6, 6.07) is 8.28. The van der Waals surface area contributed by atoms with E-state index in [1.807, 2.05) is 24.3 Å². The molecule has 1 aromatic carbocycles. The van der Waals surface area contributed by atoms with Gasteiger partial charge in [-0.2, -0.15) is 0 Å². The van der Waals surface area contributed by atoms with Gasteiger partial charge in [0.25, 0.3) is 0 Å². The number of aliphatic imine (C=N–C) groups is 1. The summed E-state index contributed by atoms with van der Waals surface area (Å²) in [4.78, 5) is 4.46. The van der Waals surface area contributed by atoms with E-state index in [9.17, 15) is 0 Å². The van der Waals surface area contributed by atoms with Gasteiger partial charge in [0.2, 0.25) is 0 Å². The maximum Gasteiger partial charge on any atom is 0.161 e.